The number of hydrogen-bond acceptors (Lipinski definition) is 4. The Morgan fingerprint density at radius 1 is 1.44 bits per heavy atom. The van der Waals surface area contributed by atoms with E-state index in [1.807, 2.05) is 18.0 Å². The van der Waals surface area contributed by atoms with Crippen molar-refractivity contribution < 1.29 is 4.42 Å². The zero-order valence-electron chi connectivity index (χ0n) is 9.87. The molecule has 4 heteroatoms. The maximum Gasteiger partial charge on any atom is 0.118 e. The minimum atomic E-state index is 0.913. The molecule has 0 saturated carbocycles. The van der Waals surface area contributed by atoms with Crippen LogP contribution >= 0.6 is 11.8 Å². The standard InChI is InChI=1S/C12H20N2OS/c1-2-13-8-11-7-12(15-10-11)9-14-3-5-16-6-4-14/h7,10,13H,2-6,8-9H2,1H3. The van der Waals surface area contributed by atoms with Crippen LogP contribution < -0.4 is 5.32 Å². The molecular weight excluding hydrogens is 220 g/mol. The van der Waals surface area contributed by atoms with Gasteiger partial charge in [-0.3, -0.25) is 4.90 Å². The Hall–Kier alpha value is -0.450. The lowest BCUT2D eigenvalue weighted by Crippen LogP contribution is -2.31. The molecular formula is C12H20N2OS. The fourth-order valence-electron chi connectivity index (χ4n) is 1.85. The summed E-state index contributed by atoms with van der Waals surface area (Å²) in [6.07, 6.45) is 1.87. The van der Waals surface area contributed by atoms with E-state index in [0.717, 1.165) is 25.4 Å². The van der Waals surface area contributed by atoms with Gasteiger partial charge < -0.3 is 9.73 Å². The fourth-order valence-corrected chi connectivity index (χ4v) is 2.83. The van der Waals surface area contributed by atoms with Crippen LogP contribution in [0, 0.1) is 0 Å². The second-order valence-corrected chi connectivity index (χ2v) is 5.31. The number of nitrogens with one attached hydrogen (secondary N) is 1. The summed E-state index contributed by atoms with van der Waals surface area (Å²) in [6, 6.07) is 2.17. The van der Waals surface area contributed by atoms with Gasteiger partial charge in [-0.15, -0.1) is 0 Å². The molecule has 0 radical (unpaired) electrons. The molecule has 1 N–H and O–H groups in total. The van der Waals surface area contributed by atoms with Crippen LogP contribution in [-0.4, -0.2) is 36.0 Å². The monoisotopic (exact) mass is 240 g/mol. The minimum Gasteiger partial charge on any atom is -0.468 e. The van der Waals surface area contributed by atoms with Crippen LogP contribution in [-0.2, 0) is 13.1 Å². The van der Waals surface area contributed by atoms with Crippen LogP contribution in [0.4, 0.5) is 0 Å². The molecule has 16 heavy (non-hydrogen) atoms. The molecule has 0 atom stereocenters. The third-order valence-electron chi connectivity index (χ3n) is 2.77. The summed E-state index contributed by atoms with van der Waals surface area (Å²) >= 11 is 2.04. The first-order valence-corrected chi connectivity index (χ1v) is 7.11. The number of rotatable bonds is 5. The van der Waals surface area contributed by atoms with E-state index in [0.29, 0.717) is 0 Å². The smallest absolute Gasteiger partial charge is 0.118 e. The third-order valence-corrected chi connectivity index (χ3v) is 3.71. The first kappa shape index (κ1) is 12.0. The molecule has 1 saturated heterocycles. The summed E-state index contributed by atoms with van der Waals surface area (Å²) in [5, 5.41) is 3.30. The highest BCUT2D eigenvalue weighted by molar-refractivity contribution is 7.99. The number of furan rings is 1. The molecule has 3 nitrogen and oxygen atoms in total. The van der Waals surface area contributed by atoms with Crippen molar-refractivity contribution in [3.05, 3.63) is 23.7 Å². The molecule has 0 spiro atoms. The highest BCUT2D eigenvalue weighted by atomic mass is 32.2. The first-order chi connectivity index (χ1) is 7.88. The number of nitrogens with zero attached hydrogens (tertiary/aromatic N) is 1. The summed E-state index contributed by atoms with van der Waals surface area (Å²) in [6.45, 7) is 7.38. The molecule has 2 rings (SSSR count). The lowest BCUT2D eigenvalue weighted by atomic mass is 10.3. The van der Waals surface area contributed by atoms with E-state index in [1.165, 1.54) is 30.2 Å². The van der Waals surface area contributed by atoms with Gasteiger partial charge in [0.15, 0.2) is 0 Å². The molecule has 0 amide bonds. The van der Waals surface area contributed by atoms with Crippen molar-refractivity contribution in [3.63, 3.8) is 0 Å². The average molecular weight is 240 g/mol. The Labute approximate surface area is 102 Å². The van der Waals surface area contributed by atoms with E-state index in [-0.39, 0.29) is 0 Å². The van der Waals surface area contributed by atoms with Crippen LogP contribution in [0.25, 0.3) is 0 Å². The molecule has 0 bridgehead atoms. The van der Waals surface area contributed by atoms with E-state index in [4.69, 9.17) is 4.42 Å². The highest BCUT2D eigenvalue weighted by Gasteiger charge is 2.12. The van der Waals surface area contributed by atoms with E-state index in [9.17, 15) is 0 Å². The Morgan fingerprint density at radius 2 is 2.25 bits per heavy atom. The Kier molecular flexibility index (Phi) is 4.75. The normalized spacial score (nSPS) is 17.8. The van der Waals surface area contributed by atoms with Crippen LogP contribution in [0.15, 0.2) is 16.7 Å². The summed E-state index contributed by atoms with van der Waals surface area (Å²) < 4.78 is 5.58. The maximum atomic E-state index is 5.58. The van der Waals surface area contributed by atoms with E-state index in [2.05, 4.69) is 23.2 Å². The SMILES string of the molecule is CCNCc1coc(CN2CCSCC2)c1. The van der Waals surface area contributed by atoms with Crippen LogP contribution in [0.5, 0.6) is 0 Å². The van der Waals surface area contributed by atoms with Crippen molar-refractivity contribution in [3.8, 4) is 0 Å². The van der Waals surface area contributed by atoms with Crippen LogP contribution in [0.3, 0.4) is 0 Å². The summed E-state index contributed by atoms with van der Waals surface area (Å²) in [5.41, 5.74) is 1.25. The second-order valence-electron chi connectivity index (χ2n) is 4.09. The van der Waals surface area contributed by atoms with Gasteiger partial charge in [-0.25, -0.2) is 0 Å². The molecule has 0 aliphatic carbocycles. The molecule has 1 aromatic rings. The third kappa shape index (κ3) is 3.54. The van der Waals surface area contributed by atoms with Gasteiger partial charge >= 0.3 is 0 Å². The predicted molar refractivity (Wildman–Crippen MR) is 68.7 cm³/mol. The van der Waals surface area contributed by atoms with Crippen molar-refractivity contribution in [2.45, 2.75) is 20.0 Å². The van der Waals surface area contributed by atoms with Crippen LogP contribution in [0.1, 0.15) is 18.2 Å². The lowest BCUT2D eigenvalue weighted by molar-refractivity contribution is 0.268. The van der Waals surface area contributed by atoms with E-state index in [1.54, 1.807) is 0 Å². The summed E-state index contributed by atoms with van der Waals surface area (Å²) in [7, 11) is 0. The molecule has 2 heterocycles. The Balaban J connectivity index is 1.81. The molecule has 1 aliphatic heterocycles. The molecule has 0 aromatic carbocycles. The second kappa shape index (κ2) is 6.33. The molecule has 1 aliphatic rings. The molecule has 0 unspecified atom stereocenters. The average Bonchev–Trinajstić information content (AvgIpc) is 2.75. The van der Waals surface area contributed by atoms with E-state index >= 15 is 0 Å². The van der Waals surface area contributed by atoms with Gasteiger partial charge in [0, 0.05) is 36.7 Å². The number of hydrogen-bond donors (Lipinski definition) is 1. The largest absolute Gasteiger partial charge is 0.468 e. The van der Waals surface area contributed by atoms with E-state index < -0.39 is 0 Å². The molecule has 1 fully saturated rings. The topological polar surface area (TPSA) is 28.4 Å². The van der Waals surface area contributed by atoms with Crippen molar-refractivity contribution >= 4 is 11.8 Å². The molecule has 1 aromatic heterocycles. The first-order valence-electron chi connectivity index (χ1n) is 5.95. The predicted octanol–water partition coefficient (Wildman–Crippen LogP) is 1.94. The fraction of sp³-hybridized carbons (Fsp3) is 0.667. The quantitative estimate of drug-likeness (QED) is 0.851. The van der Waals surface area contributed by atoms with Gasteiger partial charge in [0.1, 0.15) is 5.76 Å². The van der Waals surface area contributed by atoms with Gasteiger partial charge in [0.05, 0.1) is 12.8 Å². The van der Waals surface area contributed by atoms with Crippen LogP contribution in [0.2, 0.25) is 0 Å². The number of thioether (sulfide) groups is 1. The van der Waals surface area contributed by atoms with Crippen molar-refractivity contribution in [2.75, 3.05) is 31.1 Å². The maximum absolute atomic E-state index is 5.58. The van der Waals surface area contributed by atoms with Gasteiger partial charge in [0.2, 0.25) is 0 Å². The van der Waals surface area contributed by atoms with Crippen molar-refractivity contribution in [2.24, 2.45) is 0 Å². The highest BCUT2D eigenvalue weighted by Crippen LogP contribution is 2.14. The summed E-state index contributed by atoms with van der Waals surface area (Å²) in [4.78, 5) is 2.46. The minimum absolute atomic E-state index is 0.913. The molecule has 90 valence electrons. The summed E-state index contributed by atoms with van der Waals surface area (Å²) in [5.74, 6) is 3.61. The zero-order chi connectivity index (χ0) is 11.2. The van der Waals surface area contributed by atoms with Gasteiger partial charge in [-0.1, -0.05) is 6.92 Å². The van der Waals surface area contributed by atoms with Crippen molar-refractivity contribution in [1.82, 2.24) is 10.2 Å². The lowest BCUT2D eigenvalue weighted by Gasteiger charge is -2.24. The van der Waals surface area contributed by atoms with Gasteiger partial charge in [-0.2, -0.15) is 11.8 Å². The van der Waals surface area contributed by atoms with Gasteiger partial charge in [-0.05, 0) is 12.6 Å². The van der Waals surface area contributed by atoms with Gasteiger partial charge in [0.25, 0.3) is 0 Å². The Bertz CT molecular complexity index is 308. The van der Waals surface area contributed by atoms with Crippen molar-refractivity contribution in [1.29, 1.82) is 0 Å². The Morgan fingerprint density at radius 3 is 3.00 bits per heavy atom. The zero-order valence-corrected chi connectivity index (χ0v) is 10.7.